The van der Waals surface area contributed by atoms with Crippen LogP contribution in [-0.2, 0) is 16.1 Å². The van der Waals surface area contributed by atoms with E-state index in [1.165, 1.54) is 4.90 Å². The summed E-state index contributed by atoms with van der Waals surface area (Å²) >= 11 is 1.58. The van der Waals surface area contributed by atoms with E-state index in [4.69, 9.17) is 9.15 Å². The molecule has 0 N–H and O–H groups in total. The Bertz CT molecular complexity index is 789. The number of para-hydroxylation sites is 1. The summed E-state index contributed by atoms with van der Waals surface area (Å²) in [6.45, 7) is 0.191. The molecule has 0 atom stereocenters. The molecule has 0 aliphatic rings. The number of ether oxygens (including phenoxy) is 1. The van der Waals surface area contributed by atoms with Crippen LogP contribution in [0, 0.1) is 0 Å². The second-order valence-corrected chi connectivity index (χ2v) is 6.09. The molecule has 23 heavy (non-hydrogen) atoms. The molecule has 0 saturated carbocycles. The first-order chi connectivity index (χ1) is 11.1. The summed E-state index contributed by atoms with van der Waals surface area (Å²) in [6, 6.07) is 12.8. The summed E-state index contributed by atoms with van der Waals surface area (Å²) in [7, 11) is 1.68. The van der Waals surface area contributed by atoms with Crippen LogP contribution in [0.1, 0.15) is 15.4 Å². The average Bonchev–Trinajstić information content (AvgIpc) is 3.20. The summed E-state index contributed by atoms with van der Waals surface area (Å²) in [6.07, 6.45) is 0. The first kappa shape index (κ1) is 15.3. The molecule has 0 aliphatic heterocycles. The van der Waals surface area contributed by atoms with Crippen LogP contribution in [-0.4, -0.2) is 30.4 Å². The predicted octanol–water partition coefficient (Wildman–Crippen LogP) is 3.31. The minimum absolute atomic E-state index is 0.0971. The highest BCUT2D eigenvalue weighted by molar-refractivity contribution is 7.09. The quantitative estimate of drug-likeness (QED) is 0.674. The molecule has 0 unspecified atom stereocenters. The molecule has 0 radical (unpaired) electrons. The fraction of sp³-hybridized carbons (Fsp3) is 0.176. The van der Waals surface area contributed by atoms with Crippen molar-refractivity contribution in [3.05, 3.63) is 58.5 Å². The zero-order chi connectivity index (χ0) is 16.2. The van der Waals surface area contributed by atoms with Gasteiger partial charge in [0.15, 0.2) is 6.61 Å². The molecule has 3 rings (SSSR count). The fourth-order valence-corrected chi connectivity index (χ4v) is 2.87. The molecule has 0 aliphatic carbocycles. The van der Waals surface area contributed by atoms with Crippen molar-refractivity contribution >= 4 is 34.2 Å². The Morgan fingerprint density at radius 2 is 2.04 bits per heavy atom. The first-order valence-electron chi connectivity index (χ1n) is 7.05. The van der Waals surface area contributed by atoms with E-state index in [1.807, 2.05) is 35.7 Å². The van der Waals surface area contributed by atoms with Gasteiger partial charge in [-0.25, -0.2) is 4.79 Å². The lowest BCUT2D eigenvalue weighted by atomic mass is 10.2. The molecule has 0 spiro atoms. The van der Waals surface area contributed by atoms with E-state index in [2.05, 4.69) is 0 Å². The van der Waals surface area contributed by atoms with Gasteiger partial charge >= 0.3 is 5.97 Å². The average molecular weight is 329 g/mol. The minimum atomic E-state index is -0.640. The molecule has 6 heteroatoms. The molecular formula is C17H15NO4S. The Morgan fingerprint density at radius 1 is 1.22 bits per heavy atom. The van der Waals surface area contributed by atoms with Gasteiger partial charge in [-0.15, -0.1) is 11.3 Å². The van der Waals surface area contributed by atoms with Gasteiger partial charge < -0.3 is 14.1 Å². The summed E-state index contributed by atoms with van der Waals surface area (Å²) in [5, 5.41) is 2.77. The van der Waals surface area contributed by atoms with Crippen LogP contribution >= 0.6 is 11.3 Å². The summed E-state index contributed by atoms with van der Waals surface area (Å²) < 4.78 is 10.4. The van der Waals surface area contributed by atoms with E-state index in [1.54, 1.807) is 30.5 Å². The van der Waals surface area contributed by atoms with Crippen molar-refractivity contribution in [3.8, 4) is 0 Å². The van der Waals surface area contributed by atoms with E-state index in [-0.39, 0.29) is 18.3 Å². The number of fused-ring (bicyclic) bond motifs is 1. The van der Waals surface area contributed by atoms with Gasteiger partial charge in [0.05, 0.1) is 6.54 Å². The zero-order valence-electron chi connectivity index (χ0n) is 12.5. The van der Waals surface area contributed by atoms with E-state index in [9.17, 15) is 9.59 Å². The lowest BCUT2D eigenvalue weighted by Crippen LogP contribution is -2.30. The van der Waals surface area contributed by atoms with Crippen molar-refractivity contribution in [1.29, 1.82) is 0 Å². The van der Waals surface area contributed by atoms with Gasteiger partial charge in [-0.05, 0) is 23.6 Å². The molecular weight excluding hydrogens is 314 g/mol. The van der Waals surface area contributed by atoms with Crippen molar-refractivity contribution < 1.29 is 18.7 Å². The Morgan fingerprint density at radius 3 is 2.78 bits per heavy atom. The van der Waals surface area contributed by atoms with Gasteiger partial charge in [-0.1, -0.05) is 24.3 Å². The third kappa shape index (κ3) is 3.60. The molecule has 0 bridgehead atoms. The molecule has 2 aromatic heterocycles. The summed E-state index contributed by atoms with van der Waals surface area (Å²) in [5.74, 6) is -0.804. The molecule has 0 fully saturated rings. The molecule has 1 aromatic carbocycles. The van der Waals surface area contributed by atoms with Crippen LogP contribution in [0.25, 0.3) is 11.0 Å². The second-order valence-electron chi connectivity index (χ2n) is 5.05. The normalized spacial score (nSPS) is 10.7. The number of thiophene rings is 1. The van der Waals surface area contributed by atoms with E-state index >= 15 is 0 Å². The van der Waals surface area contributed by atoms with E-state index in [0.29, 0.717) is 12.1 Å². The highest BCUT2D eigenvalue weighted by Gasteiger charge is 2.17. The topological polar surface area (TPSA) is 59.8 Å². The summed E-state index contributed by atoms with van der Waals surface area (Å²) in [5.41, 5.74) is 0.612. The van der Waals surface area contributed by atoms with Gasteiger partial charge in [-0.2, -0.15) is 0 Å². The van der Waals surface area contributed by atoms with Crippen LogP contribution in [0.3, 0.4) is 0 Å². The molecule has 5 nitrogen and oxygen atoms in total. The number of amides is 1. The van der Waals surface area contributed by atoms with Gasteiger partial charge in [0.2, 0.25) is 5.76 Å². The van der Waals surface area contributed by atoms with Gasteiger partial charge in [-0.3, -0.25) is 4.79 Å². The molecule has 0 saturated heterocycles. The fourth-order valence-electron chi connectivity index (χ4n) is 2.12. The predicted molar refractivity (Wildman–Crippen MR) is 87.3 cm³/mol. The number of carbonyl (C=O) groups is 2. The third-order valence-corrected chi connectivity index (χ3v) is 4.21. The van der Waals surface area contributed by atoms with Gasteiger partial charge in [0.1, 0.15) is 5.58 Å². The van der Waals surface area contributed by atoms with Crippen molar-refractivity contribution in [2.45, 2.75) is 6.54 Å². The number of furan rings is 1. The second kappa shape index (κ2) is 6.66. The maximum atomic E-state index is 12.0. The minimum Gasteiger partial charge on any atom is -0.450 e. The van der Waals surface area contributed by atoms with Crippen molar-refractivity contribution in [1.82, 2.24) is 4.90 Å². The van der Waals surface area contributed by atoms with Crippen LogP contribution in [0.4, 0.5) is 0 Å². The molecule has 3 aromatic rings. The van der Waals surface area contributed by atoms with Crippen LogP contribution in [0.5, 0.6) is 0 Å². The summed E-state index contributed by atoms with van der Waals surface area (Å²) in [4.78, 5) is 26.6. The Kier molecular flexibility index (Phi) is 4.43. The monoisotopic (exact) mass is 329 g/mol. The van der Waals surface area contributed by atoms with Crippen molar-refractivity contribution in [2.24, 2.45) is 0 Å². The molecule has 118 valence electrons. The Labute approximate surface area is 137 Å². The molecule has 1 amide bonds. The van der Waals surface area contributed by atoms with Crippen LogP contribution in [0.15, 0.2) is 52.3 Å². The number of rotatable bonds is 5. The Balaban J connectivity index is 1.56. The number of likely N-dealkylation sites (N-methyl/N-ethyl adjacent to an activating group) is 1. The number of carbonyl (C=O) groups excluding carboxylic acids is 2. The Hall–Kier alpha value is -2.60. The molecule has 2 heterocycles. The maximum absolute atomic E-state index is 12.0. The number of hydrogen-bond donors (Lipinski definition) is 0. The number of nitrogens with zero attached hydrogens (tertiary/aromatic N) is 1. The van der Waals surface area contributed by atoms with Crippen molar-refractivity contribution in [2.75, 3.05) is 13.7 Å². The van der Waals surface area contributed by atoms with Crippen LogP contribution in [0.2, 0.25) is 0 Å². The van der Waals surface area contributed by atoms with Crippen molar-refractivity contribution in [3.63, 3.8) is 0 Å². The number of hydrogen-bond acceptors (Lipinski definition) is 5. The maximum Gasteiger partial charge on any atom is 0.374 e. The van der Waals surface area contributed by atoms with E-state index in [0.717, 1.165) is 10.3 Å². The standard InChI is InChI=1S/C17H15NO4S/c1-18(10-13-6-4-8-23-13)16(19)11-21-17(20)15-9-12-5-2-3-7-14(12)22-15/h2-9H,10-11H2,1H3. The smallest absolute Gasteiger partial charge is 0.374 e. The lowest BCUT2D eigenvalue weighted by molar-refractivity contribution is -0.133. The lowest BCUT2D eigenvalue weighted by Gasteiger charge is -2.15. The van der Waals surface area contributed by atoms with Gasteiger partial charge in [0, 0.05) is 17.3 Å². The number of benzene rings is 1. The van der Waals surface area contributed by atoms with E-state index < -0.39 is 5.97 Å². The van der Waals surface area contributed by atoms with Crippen LogP contribution < -0.4 is 0 Å². The van der Waals surface area contributed by atoms with Gasteiger partial charge in [0.25, 0.3) is 5.91 Å². The highest BCUT2D eigenvalue weighted by Crippen LogP contribution is 2.19. The zero-order valence-corrected chi connectivity index (χ0v) is 13.3. The largest absolute Gasteiger partial charge is 0.450 e. The first-order valence-corrected chi connectivity index (χ1v) is 7.93. The number of esters is 1. The highest BCUT2D eigenvalue weighted by atomic mass is 32.1. The SMILES string of the molecule is CN(Cc1cccs1)C(=O)COC(=O)c1cc2ccccc2o1. The third-order valence-electron chi connectivity index (χ3n) is 3.35.